The van der Waals surface area contributed by atoms with Crippen molar-refractivity contribution in [2.24, 2.45) is 0 Å². The zero-order valence-electron chi connectivity index (χ0n) is 11.3. The van der Waals surface area contributed by atoms with Gasteiger partial charge in [0.1, 0.15) is 11.6 Å². The third-order valence-corrected chi connectivity index (χ3v) is 3.15. The molecule has 1 N–H and O–H groups in total. The number of hydrogen-bond donors (Lipinski definition) is 1. The molecule has 3 rings (SSSR count). The van der Waals surface area contributed by atoms with E-state index < -0.39 is 11.6 Å². The highest BCUT2D eigenvalue weighted by atomic mass is 19.1. The Kier molecular flexibility index (Phi) is 3.47. The summed E-state index contributed by atoms with van der Waals surface area (Å²) in [6.45, 7) is 2.62. The predicted molar refractivity (Wildman–Crippen MR) is 74.9 cm³/mol. The number of benzene rings is 1. The summed E-state index contributed by atoms with van der Waals surface area (Å²) in [7, 11) is 0. The highest BCUT2D eigenvalue weighted by Gasteiger charge is 2.14. The summed E-state index contributed by atoms with van der Waals surface area (Å²) < 4.78 is 28.9. The lowest BCUT2D eigenvalue weighted by Gasteiger charge is -2.06. The van der Waals surface area contributed by atoms with Crippen LogP contribution >= 0.6 is 0 Å². The minimum absolute atomic E-state index is 0.0232. The van der Waals surface area contributed by atoms with Gasteiger partial charge in [0.25, 0.3) is 0 Å². The highest BCUT2D eigenvalue weighted by Crippen LogP contribution is 2.20. The molecule has 0 atom stereocenters. The Morgan fingerprint density at radius 2 is 1.95 bits per heavy atom. The topological polar surface area (TPSA) is 55.6 Å². The molecule has 0 amide bonds. The van der Waals surface area contributed by atoms with Crippen molar-refractivity contribution in [1.82, 2.24) is 20.0 Å². The Balaban J connectivity index is 2.04. The minimum Gasteiger partial charge on any atom is -0.368 e. The van der Waals surface area contributed by atoms with Gasteiger partial charge in [0, 0.05) is 18.3 Å². The fourth-order valence-corrected chi connectivity index (χ4v) is 2.14. The van der Waals surface area contributed by atoms with E-state index in [0.717, 1.165) is 0 Å². The van der Waals surface area contributed by atoms with E-state index in [-0.39, 0.29) is 12.1 Å². The van der Waals surface area contributed by atoms with Gasteiger partial charge in [0.2, 0.25) is 0 Å². The van der Waals surface area contributed by atoms with E-state index in [9.17, 15) is 8.78 Å². The monoisotopic (exact) mass is 289 g/mol. The maximum Gasteiger partial charge on any atom is 0.156 e. The van der Waals surface area contributed by atoms with Crippen molar-refractivity contribution in [3.05, 3.63) is 47.7 Å². The number of rotatable bonds is 4. The Morgan fingerprint density at radius 3 is 2.67 bits per heavy atom. The summed E-state index contributed by atoms with van der Waals surface area (Å²) in [5, 5.41) is 11.1. The molecule has 108 valence electrons. The summed E-state index contributed by atoms with van der Waals surface area (Å²) >= 11 is 0. The average Bonchev–Trinajstić information content (AvgIpc) is 2.88. The van der Waals surface area contributed by atoms with Gasteiger partial charge < -0.3 is 5.32 Å². The summed E-state index contributed by atoms with van der Waals surface area (Å²) in [6, 6.07) is 5.50. The fourth-order valence-electron chi connectivity index (χ4n) is 2.14. The first kappa shape index (κ1) is 13.4. The molecule has 0 saturated heterocycles. The third-order valence-electron chi connectivity index (χ3n) is 3.15. The molecule has 3 aromatic rings. The lowest BCUT2D eigenvalue weighted by Crippen LogP contribution is -2.06. The zero-order chi connectivity index (χ0) is 14.8. The van der Waals surface area contributed by atoms with E-state index in [1.165, 1.54) is 22.9 Å². The number of halogens is 2. The Hall–Kier alpha value is -2.57. The molecule has 21 heavy (non-hydrogen) atoms. The second-order valence-electron chi connectivity index (χ2n) is 4.50. The number of aromatic nitrogens is 4. The molecule has 0 bridgehead atoms. The predicted octanol–water partition coefficient (Wildman–Crippen LogP) is 2.58. The maximum atomic E-state index is 13.7. The summed E-state index contributed by atoms with van der Waals surface area (Å²) in [4.78, 5) is 4.18. The molecule has 0 aliphatic rings. The van der Waals surface area contributed by atoms with Crippen molar-refractivity contribution in [3.63, 3.8) is 0 Å². The van der Waals surface area contributed by atoms with E-state index in [1.54, 1.807) is 12.3 Å². The van der Waals surface area contributed by atoms with Gasteiger partial charge >= 0.3 is 0 Å². The number of nitrogens with zero attached hydrogens (tertiary/aromatic N) is 4. The zero-order valence-corrected chi connectivity index (χ0v) is 11.3. The summed E-state index contributed by atoms with van der Waals surface area (Å²) in [5.41, 5.74) is 1.21. The van der Waals surface area contributed by atoms with Gasteiger partial charge in [-0.25, -0.2) is 18.4 Å². The van der Waals surface area contributed by atoms with E-state index in [2.05, 4.69) is 20.6 Å². The lowest BCUT2D eigenvalue weighted by molar-refractivity contribution is 0.532. The van der Waals surface area contributed by atoms with Crippen molar-refractivity contribution >= 4 is 16.9 Å². The molecule has 0 spiro atoms. The molecule has 1 aromatic carbocycles. The largest absolute Gasteiger partial charge is 0.368 e. The van der Waals surface area contributed by atoms with Gasteiger partial charge in [0.15, 0.2) is 11.3 Å². The molecule has 5 nitrogen and oxygen atoms in total. The summed E-state index contributed by atoms with van der Waals surface area (Å²) in [5.74, 6) is -0.588. The maximum absolute atomic E-state index is 13.7. The van der Waals surface area contributed by atoms with Crippen LogP contribution in [0.5, 0.6) is 0 Å². The van der Waals surface area contributed by atoms with Crippen LogP contribution in [0.1, 0.15) is 12.5 Å². The van der Waals surface area contributed by atoms with Crippen molar-refractivity contribution < 1.29 is 8.78 Å². The van der Waals surface area contributed by atoms with Crippen LogP contribution in [-0.4, -0.2) is 26.5 Å². The van der Waals surface area contributed by atoms with E-state index in [4.69, 9.17) is 0 Å². The molecule has 7 heteroatoms. The van der Waals surface area contributed by atoms with Gasteiger partial charge in [-0.05, 0) is 25.1 Å². The highest BCUT2D eigenvalue weighted by molar-refractivity contribution is 5.85. The van der Waals surface area contributed by atoms with Crippen LogP contribution in [-0.2, 0) is 6.54 Å². The van der Waals surface area contributed by atoms with Crippen LogP contribution in [0.15, 0.2) is 30.5 Å². The first-order chi connectivity index (χ1) is 10.2. The molecule has 0 saturated carbocycles. The Bertz CT molecular complexity index is 764. The van der Waals surface area contributed by atoms with Crippen molar-refractivity contribution in [2.45, 2.75) is 13.5 Å². The lowest BCUT2D eigenvalue weighted by atomic mass is 10.2. The third kappa shape index (κ3) is 2.42. The molecule has 0 aliphatic carbocycles. The summed E-state index contributed by atoms with van der Waals surface area (Å²) in [6.07, 6.45) is 1.61. The standard InChI is InChI=1S/C14H13F2N5/c1-2-17-14-13-12(6-7-18-14)21(20-19-13)8-9-10(15)4-3-5-11(9)16/h3-7H,2,8H2,1H3,(H,17,18). The van der Waals surface area contributed by atoms with Crippen LogP contribution < -0.4 is 5.32 Å². The normalized spacial score (nSPS) is 11.0. The van der Waals surface area contributed by atoms with Crippen molar-refractivity contribution in [1.29, 1.82) is 0 Å². The fraction of sp³-hybridized carbons (Fsp3) is 0.214. The molecular weight excluding hydrogens is 276 g/mol. The van der Waals surface area contributed by atoms with Crippen LogP contribution in [0.3, 0.4) is 0 Å². The molecule has 2 aromatic heterocycles. The molecule has 0 aliphatic heterocycles. The van der Waals surface area contributed by atoms with E-state index in [0.29, 0.717) is 23.4 Å². The first-order valence-electron chi connectivity index (χ1n) is 6.55. The van der Waals surface area contributed by atoms with Crippen molar-refractivity contribution in [2.75, 3.05) is 11.9 Å². The van der Waals surface area contributed by atoms with Gasteiger partial charge in [0.05, 0.1) is 12.1 Å². The SMILES string of the molecule is CCNc1nccc2c1nnn2Cc1c(F)cccc1F. The second kappa shape index (κ2) is 5.43. The van der Waals surface area contributed by atoms with Crippen LogP contribution in [0, 0.1) is 11.6 Å². The van der Waals surface area contributed by atoms with E-state index in [1.807, 2.05) is 6.92 Å². The van der Waals surface area contributed by atoms with Crippen LogP contribution in [0.4, 0.5) is 14.6 Å². The molecule has 0 radical (unpaired) electrons. The quantitative estimate of drug-likeness (QED) is 0.802. The van der Waals surface area contributed by atoms with Gasteiger partial charge in [-0.2, -0.15) is 0 Å². The van der Waals surface area contributed by atoms with Gasteiger partial charge in [-0.15, -0.1) is 5.10 Å². The van der Waals surface area contributed by atoms with Gasteiger partial charge in [-0.1, -0.05) is 11.3 Å². The van der Waals surface area contributed by atoms with Crippen LogP contribution in [0.25, 0.3) is 11.0 Å². The number of fused-ring (bicyclic) bond motifs is 1. The van der Waals surface area contributed by atoms with E-state index >= 15 is 0 Å². The number of pyridine rings is 1. The van der Waals surface area contributed by atoms with Crippen molar-refractivity contribution in [3.8, 4) is 0 Å². The molecule has 2 heterocycles. The molecule has 0 fully saturated rings. The van der Waals surface area contributed by atoms with Gasteiger partial charge in [-0.3, -0.25) is 0 Å². The smallest absolute Gasteiger partial charge is 0.156 e. The average molecular weight is 289 g/mol. The Labute approximate surface area is 119 Å². The molecule has 0 unspecified atom stereocenters. The number of anilines is 1. The molecular formula is C14H13F2N5. The minimum atomic E-state index is -0.598. The number of nitrogens with one attached hydrogen (secondary N) is 1. The Morgan fingerprint density at radius 1 is 1.19 bits per heavy atom. The first-order valence-corrected chi connectivity index (χ1v) is 6.55. The van der Waals surface area contributed by atoms with Crippen LogP contribution in [0.2, 0.25) is 0 Å². The number of hydrogen-bond acceptors (Lipinski definition) is 4. The second-order valence-corrected chi connectivity index (χ2v) is 4.50.